The normalized spacial score (nSPS) is 11.6. The second-order valence-electron chi connectivity index (χ2n) is 3.94. The highest BCUT2D eigenvalue weighted by molar-refractivity contribution is 6.28. The van der Waals surface area contributed by atoms with Crippen LogP contribution in [0, 0.1) is 6.92 Å². The molecule has 1 rings (SSSR count). The van der Waals surface area contributed by atoms with Gasteiger partial charge in [0.1, 0.15) is 5.82 Å². The van der Waals surface area contributed by atoms with Crippen LogP contribution in [0.5, 0.6) is 0 Å². The Morgan fingerprint density at radius 1 is 1.44 bits per heavy atom. The quantitative estimate of drug-likeness (QED) is 0.780. The lowest BCUT2D eigenvalue weighted by Gasteiger charge is -2.31. The van der Waals surface area contributed by atoms with Gasteiger partial charge in [0, 0.05) is 11.8 Å². The highest BCUT2D eigenvalue weighted by Gasteiger charge is 2.26. The first-order valence-corrected chi connectivity index (χ1v) is 5.83. The SMILES string of the molecule is CCC(CC)(CO)Nc1nc(Cl)ncc1C. The van der Waals surface area contributed by atoms with Gasteiger partial charge in [0.15, 0.2) is 0 Å². The first-order valence-electron chi connectivity index (χ1n) is 5.45. The molecule has 0 saturated heterocycles. The molecule has 0 bridgehead atoms. The number of anilines is 1. The summed E-state index contributed by atoms with van der Waals surface area (Å²) in [5, 5.41) is 12.9. The Labute approximate surface area is 101 Å². The predicted molar refractivity (Wildman–Crippen MR) is 65.8 cm³/mol. The van der Waals surface area contributed by atoms with Crippen molar-refractivity contribution in [3.8, 4) is 0 Å². The Kier molecular flexibility index (Phi) is 4.50. The van der Waals surface area contributed by atoms with Gasteiger partial charge in [-0.1, -0.05) is 13.8 Å². The topological polar surface area (TPSA) is 58.0 Å². The summed E-state index contributed by atoms with van der Waals surface area (Å²) >= 11 is 5.75. The molecule has 5 heteroatoms. The molecule has 0 unspecified atom stereocenters. The fourth-order valence-corrected chi connectivity index (χ4v) is 1.62. The number of aliphatic hydroxyl groups is 1. The highest BCUT2D eigenvalue weighted by Crippen LogP contribution is 2.23. The number of nitrogens with one attached hydrogen (secondary N) is 1. The maximum absolute atomic E-state index is 9.46. The van der Waals surface area contributed by atoms with E-state index in [2.05, 4.69) is 15.3 Å². The van der Waals surface area contributed by atoms with Crippen LogP contribution < -0.4 is 5.32 Å². The Bertz CT molecular complexity index is 345. The lowest BCUT2D eigenvalue weighted by atomic mass is 9.94. The van der Waals surface area contributed by atoms with Crippen molar-refractivity contribution in [2.45, 2.75) is 39.2 Å². The van der Waals surface area contributed by atoms with Crippen molar-refractivity contribution >= 4 is 17.4 Å². The number of aromatic nitrogens is 2. The van der Waals surface area contributed by atoms with Crippen LogP contribution in [0.2, 0.25) is 5.28 Å². The number of aryl methyl sites for hydroxylation is 1. The van der Waals surface area contributed by atoms with Crippen molar-refractivity contribution in [3.63, 3.8) is 0 Å². The lowest BCUT2D eigenvalue weighted by molar-refractivity contribution is 0.202. The molecule has 2 N–H and O–H groups in total. The predicted octanol–water partition coefficient (Wildman–Crippen LogP) is 2.40. The molecular formula is C11H18ClN3O. The molecule has 0 aliphatic rings. The van der Waals surface area contributed by atoms with Crippen molar-refractivity contribution in [1.82, 2.24) is 9.97 Å². The molecule has 1 aromatic heterocycles. The monoisotopic (exact) mass is 243 g/mol. The van der Waals surface area contributed by atoms with Crippen LogP contribution in [0.15, 0.2) is 6.20 Å². The van der Waals surface area contributed by atoms with Crippen molar-refractivity contribution in [2.75, 3.05) is 11.9 Å². The van der Waals surface area contributed by atoms with Gasteiger partial charge in [0.2, 0.25) is 5.28 Å². The summed E-state index contributed by atoms with van der Waals surface area (Å²) in [5.41, 5.74) is 0.590. The molecule has 1 heterocycles. The average molecular weight is 244 g/mol. The number of halogens is 1. The minimum absolute atomic E-state index is 0.0705. The number of nitrogens with zero attached hydrogens (tertiary/aromatic N) is 2. The van der Waals surface area contributed by atoms with Gasteiger partial charge in [-0.25, -0.2) is 9.97 Å². The summed E-state index contributed by atoms with van der Waals surface area (Å²) in [6, 6.07) is 0. The molecule has 1 aromatic rings. The average Bonchev–Trinajstić information content (AvgIpc) is 2.31. The zero-order valence-corrected chi connectivity index (χ0v) is 10.7. The first kappa shape index (κ1) is 13.2. The largest absolute Gasteiger partial charge is 0.394 e. The van der Waals surface area contributed by atoms with Gasteiger partial charge in [-0.3, -0.25) is 0 Å². The van der Waals surface area contributed by atoms with E-state index in [9.17, 15) is 5.11 Å². The molecule has 0 saturated carbocycles. The molecule has 0 spiro atoms. The third-order valence-electron chi connectivity index (χ3n) is 2.98. The highest BCUT2D eigenvalue weighted by atomic mass is 35.5. The van der Waals surface area contributed by atoms with E-state index in [1.807, 2.05) is 20.8 Å². The van der Waals surface area contributed by atoms with Crippen LogP contribution in [-0.2, 0) is 0 Å². The van der Waals surface area contributed by atoms with Gasteiger partial charge in [0.05, 0.1) is 12.1 Å². The van der Waals surface area contributed by atoms with E-state index in [4.69, 9.17) is 11.6 Å². The Morgan fingerprint density at radius 3 is 2.56 bits per heavy atom. The van der Waals surface area contributed by atoms with E-state index >= 15 is 0 Å². The smallest absolute Gasteiger partial charge is 0.224 e. The number of rotatable bonds is 5. The van der Waals surface area contributed by atoms with Crippen LogP contribution in [0.25, 0.3) is 0 Å². The molecule has 4 nitrogen and oxygen atoms in total. The van der Waals surface area contributed by atoms with Gasteiger partial charge in [-0.2, -0.15) is 0 Å². The van der Waals surface area contributed by atoms with Gasteiger partial charge < -0.3 is 10.4 Å². The van der Waals surface area contributed by atoms with Crippen molar-refractivity contribution < 1.29 is 5.11 Å². The summed E-state index contributed by atoms with van der Waals surface area (Å²) in [6.07, 6.45) is 3.31. The zero-order chi connectivity index (χ0) is 12.2. The van der Waals surface area contributed by atoms with E-state index in [0.29, 0.717) is 5.82 Å². The fourth-order valence-electron chi connectivity index (χ4n) is 1.49. The van der Waals surface area contributed by atoms with E-state index in [1.165, 1.54) is 0 Å². The Hall–Kier alpha value is -0.870. The molecule has 0 atom stereocenters. The van der Waals surface area contributed by atoms with E-state index in [0.717, 1.165) is 18.4 Å². The summed E-state index contributed by atoms with van der Waals surface area (Å²) in [7, 11) is 0. The number of hydrogen-bond acceptors (Lipinski definition) is 4. The van der Waals surface area contributed by atoms with Crippen LogP contribution in [0.1, 0.15) is 32.3 Å². The molecular weight excluding hydrogens is 226 g/mol. The van der Waals surface area contributed by atoms with Gasteiger partial charge in [0.25, 0.3) is 0 Å². The molecule has 0 aromatic carbocycles. The summed E-state index contributed by atoms with van der Waals surface area (Å²) in [6.45, 7) is 6.04. The second-order valence-corrected chi connectivity index (χ2v) is 4.28. The second kappa shape index (κ2) is 5.46. The van der Waals surface area contributed by atoms with Gasteiger partial charge >= 0.3 is 0 Å². The van der Waals surface area contributed by atoms with E-state index in [-0.39, 0.29) is 17.4 Å². The van der Waals surface area contributed by atoms with Crippen molar-refractivity contribution in [3.05, 3.63) is 17.0 Å². The minimum atomic E-state index is -0.331. The maximum Gasteiger partial charge on any atom is 0.224 e. The van der Waals surface area contributed by atoms with Gasteiger partial charge in [-0.15, -0.1) is 0 Å². The number of hydrogen-bond donors (Lipinski definition) is 2. The maximum atomic E-state index is 9.46. The molecule has 0 aliphatic carbocycles. The standard InChI is InChI=1S/C11H18ClN3O/c1-4-11(5-2,7-16)15-9-8(3)6-13-10(12)14-9/h6,16H,4-5,7H2,1-3H3,(H,13,14,15). The Morgan fingerprint density at radius 2 is 2.06 bits per heavy atom. The van der Waals surface area contributed by atoms with E-state index < -0.39 is 0 Å². The van der Waals surface area contributed by atoms with Crippen LogP contribution in [-0.4, -0.2) is 27.2 Å². The molecule has 90 valence electrons. The fraction of sp³-hybridized carbons (Fsp3) is 0.636. The number of aliphatic hydroxyl groups excluding tert-OH is 1. The molecule has 0 fully saturated rings. The van der Waals surface area contributed by atoms with Gasteiger partial charge in [-0.05, 0) is 31.4 Å². The van der Waals surface area contributed by atoms with Crippen LogP contribution in [0.3, 0.4) is 0 Å². The zero-order valence-electron chi connectivity index (χ0n) is 9.92. The molecule has 0 amide bonds. The van der Waals surface area contributed by atoms with Crippen LogP contribution >= 0.6 is 11.6 Å². The molecule has 16 heavy (non-hydrogen) atoms. The Balaban J connectivity index is 2.97. The third kappa shape index (κ3) is 2.83. The summed E-state index contributed by atoms with van der Waals surface area (Å²) in [4.78, 5) is 8.03. The van der Waals surface area contributed by atoms with Crippen molar-refractivity contribution in [1.29, 1.82) is 0 Å². The first-order chi connectivity index (χ1) is 7.56. The van der Waals surface area contributed by atoms with Crippen LogP contribution in [0.4, 0.5) is 5.82 Å². The third-order valence-corrected chi connectivity index (χ3v) is 3.16. The summed E-state index contributed by atoms with van der Waals surface area (Å²) < 4.78 is 0. The minimum Gasteiger partial charge on any atom is -0.394 e. The molecule has 0 aliphatic heterocycles. The van der Waals surface area contributed by atoms with Crippen molar-refractivity contribution in [2.24, 2.45) is 0 Å². The van der Waals surface area contributed by atoms with E-state index in [1.54, 1.807) is 6.20 Å². The summed E-state index contributed by atoms with van der Waals surface area (Å²) in [5.74, 6) is 0.692. The molecule has 0 radical (unpaired) electrons. The lowest BCUT2D eigenvalue weighted by Crippen LogP contribution is -2.41.